The summed E-state index contributed by atoms with van der Waals surface area (Å²) in [5, 5.41) is 0. The lowest BCUT2D eigenvalue weighted by atomic mass is 9.97. The van der Waals surface area contributed by atoms with E-state index in [9.17, 15) is 4.79 Å². The Morgan fingerprint density at radius 2 is 2.07 bits per heavy atom. The second-order valence-corrected chi connectivity index (χ2v) is 4.18. The third-order valence-corrected chi connectivity index (χ3v) is 2.84. The van der Waals surface area contributed by atoms with E-state index in [1.165, 1.54) is 19.3 Å². The molecule has 3 heteroatoms. The van der Waals surface area contributed by atoms with Gasteiger partial charge in [-0.05, 0) is 38.6 Å². The summed E-state index contributed by atoms with van der Waals surface area (Å²) in [7, 11) is 0. The van der Waals surface area contributed by atoms with Crippen molar-refractivity contribution in [1.29, 1.82) is 0 Å². The van der Waals surface area contributed by atoms with E-state index in [2.05, 4.69) is 0 Å². The second kappa shape index (κ2) is 6.02. The van der Waals surface area contributed by atoms with Crippen LogP contribution >= 0.6 is 0 Å². The molecule has 0 saturated heterocycles. The van der Waals surface area contributed by atoms with Gasteiger partial charge in [0.05, 0.1) is 5.92 Å². The number of hydrogen-bond acceptors (Lipinski definition) is 3. The molecule has 1 rings (SSSR count). The molecule has 1 aliphatic carbocycles. The third-order valence-electron chi connectivity index (χ3n) is 2.84. The van der Waals surface area contributed by atoms with Crippen molar-refractivity contribution in [2.75, 3.05) is 6.54 Å². The van der Waals surface area contributed by atoms with Crippen LogP contribution in [0.4, 0.5) is 0 Å². The summed E-state index contributed by atoms with van der Waals surface area (Å²) in [6, 6.07) is 0. The minimum Gasteiger partial charge on any atom is -0.462 e. The highest BCUT2D eigenvalue weighted by atomic mass is 16.5. The lowest BCUT2D eigenvalue weighted by molar-refractivity contribution is -0.155. The Morgan fingerprint density at radius 1 is 1.43 bits per heavy atom. The normalized spacial score (nSPS) is 20.4. The molecule has 0 aromatic heterocycles. The van der Waals surface area contributed by atoms with Crippen LogP contribution in [-0.2, 0) is 9.53 Å². The Kier molecular flexibility index (Phi) is 4.94. The van der Waals surface area contributed by atoms with Crippen molar-refractivity contribution in [3.05, 3.63) is 0 Å². The van der Waals surface area contributed by atoms with Crippen LogP contribution in [0, 0.1) is 5.92 Å². The standard InChI is InChI=1S/C11H21NO2/c1-9(7-8-12)11(13)14-10-5-3-2-4-6-10/h9-10H,2-8,12H2,1H3. The summed E-state index contributed by atoms with van der Waals surface area (Å²) in [4.78, 5) is 11.5. The van der Waals surface area contributed by atoms with Crippen molar-refractivity contribution in [1.82, 2.24) is 0 Å². The molecular weight excluding hydrogens is 178 g/mol. The molecule has 1 fully saturated rings. The molecule has 14 heavy (non-hydrogen) atoms. The second-order valence-electron chi connectivity index (χ2n) is 4.18. The van der Waals surface area contributed by atoms with Crippen molar-refractivity contribution >= 4 is 5.97 Å². The molecule has 0 amide bonds. The lowest BCUT2D eigenvalue weighted by Crippen LogP contribution is -2.25. The van der Waals surface area contributed by atoms with E-state index in [0.717, 1.165) is 19.3 Å². The number of carbonyl (C=O) groups is 1. The van der Waals surface area contributed by atoms with Crippen LogP contribution < -0.4 is 5.73 Å². The van der Waals surface area contributed by atoms with Crippen LogP contribution in [0.3, 0.4) is 0 Å². The van der Waals surface area contributed by atoms with Crippen LogP contribution in [0.25, 0.3) is 0 Å². The van der Waals surface area contributed by atoms with E-state index in [4.69, 9.17) is 10.5 Å². The van der Waals surface area contributed by atoms with Gasteiger partial charge in [0.25, 0.3) is 0 Å². The first-order valence-corrected chi connectivity index (χ1v) is 5.64. The molecule has 0 aromatic carbocycles. The summed E-state index contributed by atoms with van der Waals surface area (Å²) in [5.41, 5.74) is 5.39. The summed E-state index contributed by atoms with van der Waals surface area (Å²) >= 11 is 0. The molecule has 1 atom stereocenters. The number of nitrogens with two attached hydrogens (primary N) is 1. The molecule has 1 aliphatic rings. The van der Waals surface area contributed by atoms with Crippen LogP contribution in [0.1, 0.15) is 45.4 Å². The minimum atomic E-state index is -0.0673. The molecular formula is C11H21NO2. The SMILES string of the molecule is CC(CCN)C(=O)OC1CCCCC1. The third kappa shape index (κ3) is 3.66. The van der Waals surface area contributed by atoms with Gasteiger partial charge in [-0.15, -0.1) is 0 Å². The average molecular weight is 199 g/mol. The summed E-state index contributed by atoms with van der Waals surface area (Å²) in [6.45, 7) is 2.44. The fourth-order valence-corrected chi connectivity index (χ4v) is 1.83. The molecule has 0 aromatic rings. The Bertz CT molecular complexity index is 176. The van der Waals surface area contributed by atoms with Gasteiger partial charge in [-0.1, -0.05) is 13.3 Å². The number of ether oxygens (including phenoxy) is 1. The van der Waals surface area contributed by atoms with Gasteiger partial charge < -0.3 is 10.5 Å². The van der Waals surface area contributed by atoms with Crippen LogP contribution in [-0.4, -0.2) is 18.6 Å². The molecule has 3 nitrogen and oxygen atoms in total. The van der Waals surface area contributed by atoms with Gasteiger partial charge >= 0.3 is 5.97 Å². The van der Waals surface area contributed by atoms with Gasteiger partial charge in [0.15, 0.2) is 0 Å². The van der Waals surface area contributed by atoms with Crippen molar-refractivity contribution in [2.24, 2.45) is 11.7 Å². The zero-order valence-electron chi connectivity index (χ0n) is 9.00. The number of esters is 1. The fourth-order valence-electron chi connectivity index (χ4n) is 1.83. The first-order valence-electron chi connectivity index (χ1n) is 5.64. The first kappa shape index (κ1) is 11.5. The minimum absolute atomic E-state index is 0.0399. The van der Waals surface area contributed by atoms with Gasteiger partial charge in [0.1, 0.15) is 6.10 Å². The van der Waals surface area contributed by atoms with E-state index in [1.807, 2.05) is 6.92 Å². The monoisotopic (exact) mass is 199 g/mol. The van der Waals surface area contributed by atoms with Crippen molar-refractivity contribution in [3.63, 3.8) is 0 Å². The topological polar surface area (TPSA) is 52.3 Å². The molecule has 1 unspecified atom stereocenters. The van der Waals surface area contributed by atoms with Gasteiger partial charge in [-0.25, -0.2) is 0 Å². The maximum atomic E-state index is 11.5. The molecule has 2 N–H and O–H groups in total. The van der Waals surface area contributed by atoms with Crippen LogP contribution in [0.5, 0.6) is 0 Å². The Labute approximate surface area is 86.0 Å². The van der Waals surface area contributed by atoms with Crippen molar-refractivity contribution in [3.8, 4) is 0 Å². The highest BCUT2D eigenvalue weighted by molar-refractivity contribution is 5.72. The molecule has 0 spiro atoms. The van der Waals surface area contributed by atoms with Crippen molar-refractivity contribution in [2.45, 2.75) is 51.6 Å². The molecule has 82 valence electrons. The zero-order chi connectivity index (χ0) is 10.4. The average Bonchev–Trinajstić information content (AvgIpc) is 2.19. The first-order chi connectivity index (χ1) is 6.74. The van der Waals surface area contributed by atoms with E-state index in [-0.39, 0.29) is 18.0 Å². The Hall–Kier alpha value is -0.570. The van der Waals surface area contributed by atoms with Crippen LogP contribution in [0.15, 0.2) is 0 Å². The predicted molar refractivity (Wildman–Crippen MR) is 55.8 cm³/mol. The molecule has 1 saturated carbocycles. The summed E-state index contributed by atoms with van der Waals surface area (Å²) in [6.07, 6.45) is 6.67. The van der Waals surface area contributed by atoms with E-state index in [0.29, 0.717) is 6.54 Å². The smallest absolute Gasteiger partial charge is 0.308 e. The van der Waals surface area contributed by atoms with E-state index >= 15 is 0 Å². The van der Waals surface area contributed by atoms with Crippen LogP contribution in [0.2, 0.25) is 0 Å². The van der Waals surface area contributed by atoms with Gasteiger partial charge in [-0.2, -0.15) is 0 Å². The highest BCUT2D eigenvalue weighted by Crippen LogP contribution is 2.21. The zero-order valence-corrected chi connectivity index (χ0v) is 9.00. The van der Waals surface area contributed by atoms with E-state index in [1.54, 1.807) is 0 Å². The Balaban J connectivity index is 2.24. The van der Waals surface area contributed by atoms with Crippen molar-refractivity contribution < 1.29 is 9.53 Å². The number of hydrogen-bond donors (Lipinski definition) is 1. The molecule has 0 heterocycles. The van der Waals surface area contributed by atoms with Gasteiger partial charge in [-0.3, -0.25) is 4.79 Å². The number of carbonyl (C=O) groups excluding carboxylic acids is 1. The maximum absolute atomic E-state index is 11.5. The highest BCUT2D eigenvalue weighted by Gasteiger charge is 2.20. The summed E-state index contributed by atoms with van der Waals surface area (Å²) in [5.74, 6) is -0.107. The lowest BCUT2D eigenvalue weighted by Gasteiger charge is -2.23. The molecule has 0 radical (unpaired) electrons. The van der Waals surface area contributed by atoms with E-state index < -0.39 is 0 Å². The molecule has 0 bridgehead atoms. The Morgan fingerprint density at radius 3 is 2.64 bits per heavy atom. The summed E-state index contributed by atoms with van der Waals surface area (Å²) < 4.78 is 5.41. The maximum Gasteiger partial charge on any atom is 0.308 e. The quantitative estimate of drug-likeness (QED) is 0.703. The largest absolute Gasteiger partial charge is 0.462 e. The van der Waals surface area contributed by atoms with Gasteiger partial charge in [0, 0.05) is 0 Å². The molecule has 0 aliphatic heterocycles. The van der Waals surface area contributed by atoms with Gasteiger partial charge in [0.2, 0.25) is 0 Å². The predicted octanol–water partition coefficient (Wildman–Crippen LogP) is 1.85. The number of rotatable bonds is 4. The fraction of sp³-hybridized carbons (Fsp3) is 0.909.